The number of aryl methyl sites for hydroxylation is 2. The molecule has 1 aromatic heterocycles. The Labute approximate surface area is 149 Å². The maximum Gasteiger partial charge on any atom is 0.305 e. The topological polar surface area (TPSA) is 60.3 Å². The highest BCUT2D eigenvalue weighted by molar-refractivity contribution is 5.95. The molecule has 1 heterocycles. The second-order valence-corrected chi connectivity index (χ2v) is 6.12. The van der Waals surface area contributed by atoms with Gasteiger partial charge in [0.2, 0.25) is 0 Å². The monoisotopic (exact) mass is 342 g/mol. The Kier molecular flexibility index (Phi) is 6.39. The van der Waals surface area contributed by atoms with Crippen molar-refractivity contribution in [2.24, 2.45) is 0 Å². The molecule has 1 N–H and O–H groups in total. The molecule has 0 bridgehead atoms. The SMILES string of the molecule is CCOC(=O)CCCNC(=O)c1cc(C)n(-c2cccc(C)c2)c1C. The molecule has 134 valence electrons. The predicted molar refractivity (Wildman–Crippen MR) is 98.2 cm³/mol. The Bertz CT molecular complexity index is 762. The number of carbonyl (C=O) groups is 2. The van der Waals surface area contributed by atoms with E-state index in [0.29, 0.717) is 31.6 Å². The fraction of sp³-hybridized carbons (Fsp3) is 0.400. The van der Waals surface area contributed by atoms with Crippen LogP contribution in [0.15, 0.2) is 30.3 Å². The zero-order valence-electron chi connectivity index (χ0n) is 15.4. The molecule has 0 aliphatic heterocycles. The number of nitrogens with one attached hydrogen (secondary N) is 1. The average Bonchev–Trinajstić information content (AvgIpc) is 2.86. The molecule has 0 saturated heterocycles. The van der Waals surface area contributed by atoms with E-state index in [1.165, 1.54) is 5.56 Å². The Balaban J connectivity index is 2.04. The van der Waals surface area contributed by atoms with E-state index in [1.54, 1.807) is 6.92 Å². The molecule has 0 spiro atoms. The molecule has 0 aliphatic rings. The number of esters is 1. The average molecular weight is 342 g/mol. The lowest BCUT2D eigenvalue weighted by Gasteiger charge is -2.11. The van der Waals surface area contributed by atoms with Gasteiger partial charge >= 0.3 is 5.97 Å². The van der Waals surface area contributed by atoms with Crippen molar-refractivity contribution in [3.8, 4) is 5.69 Å². The highest BCUT2D eigenvalue weighted by atomic mass is 16.5. The molecular weight excluding hydrogens is 316 g/mol. The quantitative estimate of drug-likeness (QED) is 0.619. The molecular formula is C20H26N2O3. The number of rotatable bonds is 7. The van der Waals surface area contributed by atoms with Crippen LogP contribution in [0, 0.1) is 20.8 Å². The van der Waals surface area contributed by atoms with Gasteiger partial charge in [-0.2, -0.15) is 0 Å². The minimum atomic E-state index is -0.227. The highest BCUT2D eigenvalue weighted by Gasteiger charge is 2.16. The number of amides is 1. The Morgan fingerprint density at radius 1 is 1.16 bits per heavy atom. The van der Waals surface area contributed by atoms with Gasteiger partial charge in [-0.05, 0) is 57.9 Å². The van der Waals surface area contributed by atoms with E-state index >= 15 is 0 Å². The minimum Gasteiger partial charge on any atom is -0.466 e. The van der Waals surface area contributed by atoms with E-state index in [9.17, 15) is 9.59 Å². The van der Waals surface area contributed by atoms with E-state index in [4.69, 9.17) is 4.74 Å². The van der Waals surface area contributed by atoms with E-state index in [-0.39, 0.29) is 11.9 Å². The number of carbonyl (C=O) groups excluding carboxylic acids is 2. The second kappa shape index (κ2) is 8.51. The molecule has 25 heavy (non-hydrogen) atoms. The maximum atomic E-state index is 12.5. The fourth-order valence-electron chi connectivity index (χ4n) is 2.92. The van der Waals surface area contributed by atoms with Crippen LogP contribution in [0.5, 0.6) is 0 Å². The number of aromatic nitrogens is 1. The van der Waals surface area contributed by atoms with E-state index in [2.05, 4.69) is 28.9 Å². The zero-order chi connectivity index (χ0) is 18.4. The summed E-state index contributed by atoms with van der Waals surface area (Å²) in [5.74, 6) is -0.342. The molecule has 0 unspecified atom stereocenters. The van der Waals surface area contributed by atoms with Crippen molar-refractivity contribution in [1.29, 1.82) is 0 Å². The van der Waals surface area contributed by atoms with Gasteiger partial charge in [0.25, 0.3) is 5.91 Å². The lowest BCUT2D eigenvalue weighted by Crippen LogP contribution is -2.25. The van der Waals surface area contributed by atoms with E-state index in [1.807, 2.05) is 32.0 Å². The van der Waals surface area contributed by atoms with Crippen LogP contribution in [0.1, 0.15) is 47.1 Å². The summed E-state index contributed by atoms with van der Waals surface area (Å²) in [7, 11) is 0. The number of ether oxygens (including phenoxy) is 1. The summed E-state index contributed by atoms with van der Waals surface area (Å²) in [5.41, 5.74) is 4.81. The first-order chi connectivity index (χ1) is 11.9. The van der Waals surface area contributed by atoms with Gasteiger partial charge in [0.15, 0.2) is 0 Å². The third kappa shape index (κ3) is 4.72. The molecule has 0 radical (unpaired) electrons. The molecule has 1 amide bonds. The second-order valence-electron chi connectivity index (χ2n) is 6.12. The van der Waals surface area contributed by atoms with E-state index < -0.39 is 0 Å². The molecule has 5 heteroatoms. The van der Waals surface area contributed by atoms with Crippen LogP contribution >= 0.6 is 0 Å². The third-order valence-corrected chi connectivity index (χ3v) is 4.08. The molecule has 5 nitrogen and oxygen atoms in total. The first-order valence-electron chi connectivity index (χ1n) is 8.63. The fourth-order valence-corrected chi connectivity index (χ4v) is 2.92. The van der Waals surface area contributed by atoms with Gasteiger partial charge in [0.05, 0.1) is 12.2 Å². The van der Waals surface area contributed by atoms with Gasteiger partial charge in [0, 0.05) is 30.0 Å². The van der Waals surface area contributed by atoms with Gasteiger partial charge in [-0.25, -0.2) is 0 Å². The smallest absolute Gasteiger partial charge is 0.305 e. The summed E-state index contributed by atoms with van der Waals surface area (Å²) in [6.07, 6.45) is 0.887. The normalized spacial score (nSPS) is 10.6. The number of hydrogen-bond donors (Lipinski definition) is 1. The van der Waals surface area contributed by atoms with Crippen LogP contribution < -0.4 is 5.32 Å². The van der Waals surface area contributed by atoms with Gasteiger partial charge in [-0.1, -0.05) is 12.1 Å². The molecule has 0 fully saturated rings. The molecule has 0 aliphatic carbocycles. The lowest BCUT2D eigenvalue weighted by molar-refractivity contribution is -0.143. The highest BCUT2D eigenvalue weighted by Crippen LogP contribution is 2.21. The number of benzene rings is 1. The van der Waals surface area contributed by atoms with Gasteiger partial charge in [0.1, 0.15) is 0 Å². The molecule has 1 aromatic carbocycles. The van der Waals surface area contributed by atoms with Gasteiger partial charge in [-0.3, -0.25) is 9.59 Å². The van der Waals surface area contributed by atoms with Crippen LogP contribution in [-0.2, 0) is 9.53 Å². The first kappa shape index (κ1) is 18.8. The third-order valence-electron chi connectivity index (χ3n) is 4.08. The molecule has 0 saturated carbocycles. The van der Waals surface area contributed by atoms with Crippen molar-refractivity contribution in [3.63, 3.8) is 0 Å². The van der Waals surface area contributed by atoms with Crippen LogP contribution in [0.4, 0.5) is 0 Å². The van der Waals surface area contributed by atoms with Crippen LogP contribution in [0.2, 0.25) is 0 Å². The molecule has 0 atom stereocenters. The van der Waals surface area contributed by atoms with Crippen LogP contribution in [-0.4, -0.2) is 29.6 Å². The van der Waals surface area contributed by atoms with Crippen molar-refractivity contribution in [1.82, 2.24) is 9.88 Å². The van der Waals surface area contributed by atoms with Crippen LogP contribution in [0.25, 0.3) is 5.69 Å². The lowest BCUT2D eigenvalue weighted by atomic mass is 10.2. The predicted octanol–water partition coefficient (Wildman–Crippen LogP) is 3.48. The summed E-state index contributed by atoms with van der Waals surface area (Å²) in [5, 5.41) is 2.88. The molecule has 2 rings (SSSR count). The summed E-state index contributed by atoms with van der Waals surface area (Å²) in [4.78, 5) is 23.8. The van der Waals surface area contributed by atoms with Crippen LogP contribution in [0.3, 0.4) is 0 Å². The van der Waals surface area contributed by atoms with Crippen molar-refractivity contribution < 1.29 is 14.3 Å². The largest absolute Gasteiger partial charge is 0.466 e. The van der Waals surface area contributed by atoms with E-state index in [0.717, 1.165) is 17.1 Å². The summed E-state index contributed by atoms with van der Waals surface area (Å²) in [6.45, 7) is 8.61. The van der Waals surface area contributed by atoms with Gasteiger partial charge < -0.3 is 14.6 Å². The Hall–Kier alpha value is -2.56. The Morgan fingerprint density at radius 3 is 2.60 bits per heavy atom. The van der Waals surface area contributed by atoms with Crippen molar-refractivity contribution in [2.75, 3.05) is 13.2 Å². The maximum absolute atomic E-state index is 12.5. The van der Waals surface area contributed by atoms with Crippen molar-refractivity contribution in [2.45, 2.75) is 40.5 Å². The molecule has 2 aromatic rings. The van der Waals surface area contributed by atoms with Gasteiger partial charge in [-0.15, -0.1) is 0 Å². The van der Waals surface area contributed by atoms with Crippen molar-refractivity contribution in [3.05, 3.63) is 52.8 Å². The summed E-state index contributed by atoms with van der Waals surface area (Å²) in [6, 6.07) is 10.1. The standard InChI is InChI=1S/C20H26N2O3/c1-5-25-19(23)10-7-11-21-20(24)18-13-15(3)22(16(18)4)17-9-6-8-14(2)12-17/h6,8-9,12-13H,5,7,10-11H2,1-4H3,(H,21,24). The van der Waals surface area contributed by atoms with Crippen molar-refractivity contribution >= 4 is 11.9 Å². The zero-order valence-corrected chi connectivity index (χ0v) is 15.4. The summed E-state index contributed by atoms with van der Waals surface area (Å²) >= 11 is 0. The summed E-state index contributed by atoms with van der Waals surface area (Å²) < 4.78 is 6.96. The first-order valence-corrected chi connectivity index (χ1v) is 8.63. The minimum absolute atomic E-state index is 0.115. The Morgan fingerprint density at radius 2 is 1.92 bits per heavy atom. The number of nitrogens with zero attached hydrogens (tertiary/aromatic N) is 1. The number of hydrogen-bond acceptors (Lipinski definition) is 3.